The Labute approximate surface area is 155 Å². The molecule has 146 valence electrons. The molecule has 0 saturated carbocycles. The van der Waals surface area contributed by atoms with Gasteiger partial charge in [0.05, 0.1) is 11.4 Å². The summed E-state index contributed by atoms with van der Waals surface area (Å²) >= 11 is 0. The van der Waals surface area contributed by atoms with E-state index in [4.69, 9.17) is 9.52 Å². The van der Waals surface area contributed by atoms with Crippen molar-refractivity contribution in [1.82, 2.24) is 0 Å². The number of phenolic OH excluding ortho intramolecular Hbond substituents is 4. The minimum Gasteiger partial charge on any atom is -0.505 e. The number of aromatic hydroxyl groups is 4. The fourth-order valence-corrected chi connectivity index (χ4v) is 2.79. The molecule has 6 N–H and O–H groups in total. The van der Waals surface area contributed by atoms with E-state index in [0.29, 0.717) is 6.29 Å². The molecule has 0 amide bonds. The summed E-state index contributed by atoms with van der Waals surface area (Å²) in [7, 11) is 0. The Bertz CT molecular complexity index is 1170. The first-order valence-electron chi connectivity index (χ1n) is 8.04. The fraction of sp³-hybridized carbons (Fsp3) is 0.167. The second kappa shape index (κ2) is 6.99. The molecule has 0 fully saturated rings. The van der Waals surface area contributed by atoms with Crippen LogP contribution in [0.2, 0.25) is 0 Å². The van der Waals surface area contributed by atoms with Crippen molar-refractivity contribution in [2.24, 2.45) is 0 Å². The number of nitrogens with one attached hydrogen (secondary N) is 1. The second-order valence-corrected chi connectivity index (χ2v) is 6.08. The third kappa shape index (κ3) is 3.22. The van der Waals surface area contributed by atoms with Crippen LogP contribution in [0.3, 0.4) is 0 Å². The Balaban J connectivity index is 2.18. The van der Waals surface area contributed by atoms with E-state index in [9.17, 15) is 34.8 Å². The molecule has 0 aliphatic carbocycles. The molecule has 3 rings (SSSR count). The molecular weight excluding hydrogens is 374 g/mol. The highest BCUT2D eigenvalue weighted by Gasteiger charge is 2.22. The van der Waals surface area contributed by atoms with Crippen LogP contribution < -0.4 is 10.7 Å². The minimum absolute atomic E-state index is 0.0838. The number of phenols is 4. The summed E-state index contributed by atoms with van der Waals surface area (Å²) in [5.74, 6) is -3.46. The van der Waals surface area contributed by atoms with Gasteiger partial charge in [0.2, 0.25) is 5.43 Å². The van der Waals surface area contributed by atoms with Crippen molar-refractivity contribution in [2.45, 2.75) is 18.9 Å². The zero-order valence-electron chi connectivity index (χ0n) is 14.2. The van der Waals surface area contributed by atoms with Crippen molar-refractivity contribution in [2.75, 3.05) is 5.32 Å². The number of rotatable bonds is 6. The molecule has 3 aromatic rings. The Kier molecular flexibility index (Phi) is 4.70. The van der Waals surface area contributed by atoms with Crippen molar-refractivity contribution < 1.29 is 39.5 Å². The summed E-state index contributed by atoms with van der Waals surface area (Å²) in [6, 6.07) is 1.97. The number of carbonyl (C=O) groups excluding carboxylic acids is 1. The van der Waals surface area contributed by atoms with Crippen LogP contribution in [0.4, 0.5) is 5.69 Å². The molecule has 1 atom stereocenters. The fourth-order valence-electron chi connectivity index (χ4n) is 2.79. The number of carboxylic acid groups (broad SMARTS) is 1. The summed E-state index contributed by atoms with van der Waals surface area (Å²) in [4.78, 5) is 34.6. The van der Waals surface area contributed by atoms with Gasteiger partial charge < -0.3 is 40.1 Å². The average molecular weight is 389 g/mol. The van der Waals surface area contributed by atoms with Gasteiger partial charge in [-0.3, -0.25) is 9.59 Å². The van der Waals surface area contributed by atoms with Gasteiger partial charge >= 0.3 is 5.97 Å². The number of hydrogen-bond acceptors (Lipinski definition) is 9. The zero-order chi connectivity index (χ0) is 20.6. The molecule has 1 heterocycles. The van der Waals surface area contributed by atoms with Crippen molar-refractivity contribution >= 4 is 39.9 Å². The largest absolute Gasteiger partial charge is 0.505 e. The van der Waals surface area contributed by atoms with E-state index >= 15 is 0 Å². The van der Waals surface area contributed by atoms with Crippen LogP contribution in [0.15, 0.2) is 27.4 Å². The van der Waals surface area contributed by atoms with Gasteiger partial charge in [-0.2, -0.15) is 0 Å². The van der Waals surface area contributed by atoms with Gasteiger partial charge in [0, 0.05) is 18.6 Å². The molecule has 1 aromatic heterocycles. The lowest BCUT2D eigenvalue weighted by molar-refractivity contribution is -0.137. The summed E-state index contributed by atoms with van der Waals surface area (Å²) in [5.41, 5.74) is -1.37. The number of anilines is 1. The van der Waals surface area contributed by atoms with Crippen LogP contribution in [0.1, 0.15) is 12.8 Å². The number of fused-ring (bicyclic) bond motifs is 2. The van der Waals surface area contributed by atoms with Gasteiger partial charge in [0.15, 0.2) is 17.2 Å². The molecular formula is C18H15NO9. The van der Waals surface area contributed by atoms with Crippen LogP contribution >= 0.6 is 0 Å². The lowest BCUT2D eigenvalue weighted by Gasteiger charge is -2.16. The maximum Gasteiger partial charge on any atom is 0.303 e. The van der Waals surface area contributed by atoms with Gasteiger partial charge in [-0.25, -0.2) is 0 Å². The quantitative estimate of drug-likeness (QED) is 0.206. The summed E-state index contributed by atoms with van der Waals surface area (Å²) in [5, 5.41) is 50.6. The molecule has 10 heteroatoms. The van der Waals surface area contributed by atoms with E-state index in [1.165, 1.54) is 0 Å². The van der Waals surface area contributed by atoms with Crippen molar-refractivity contribution in [3.8, 4) is 23.0 Å². The first-order chi connectivity index (χ1) is 13.2. The molecule has 2 aromatic carbocycles. The van der Waals surface area contributed by atoms with E-state index < -0.39 is 40.4 Å². The van der Waals surface area contributed by atoms with E-state index in [-0.39, 0.29) is 40.5 Å². The van der Waals surface area contributed by atoms with Crippen LogP contribution in [-0.4, -0.2) is 43.8 Å². The van der Waals surface area contributed by atoms with E-state index in [2.05, 4.69) is 5.32 Å². The molecule has 0 spiro atoms. The van der Waals surface area contributed by atoms with Crippen LogP contribution in [0.25, 0.3) is 21.9 Å². The average Bonchev–Trinajstić information content (AvgIpc) is 2.62. The number of carbonyl (C=O) groups is 2. The normalized spacial score (nSPS) is 12.1. The van der Waals surface area contributed by atoms with Gasteiger partial charge in [0.1, 0.15) is 34.3 Å². The predicted molar refractivity (Wildman–Crippen MR) is 97.0 cm³/mol. The van der Waals surface area contributed by atoms with Crippen molar-refractivity contribution in [1.29, 1.82) is 0 Å². The number of carboxylic acids is 1. The van der Waals surface area contributed by atoms with Crippen LogP contribution in [0.5, 0.6) is 23.0 Å². The Morgan fingerprint density at radius 1 is 1.07 bits per heavy atom. The second-order valence-electron chi connectivity index (χ2n) is 6.08. The zero-order valence-corrected chi connectivity index (χ0v) is 14.2. The van der Waals surface area contributed by atoms with Gasteiger partial charge in [-0.15, -0.1) is 0 Å². The van der Waals surface area contributed by atoms with Crippen molar-refractivity contribution in [3.63, 3.8) is 0 Å². The highest BCUT2D eigenvalue weighted by atomic mass is 16.4. The third-order valence-corrected chi connectivity index (χ3v) is 4.18. The molecule has 0 bridgehead atoms. The standard InChI is InChI=1S/C18H15NO9/c20-6-7(1-2-14(24)25)19-16-11(23)5-13-15(18(16)27)17(26)8-3-9(21)10(22)4-12(8)28-13/h3-7,19,21-23,27H,1-2H2,(H,24,25)/t7-/m0/s1. The maximum absolute atomic E-state index is 12.7. The van der Waals surface area contributed by atoms with E-state index in [1.54, 1.807) is 0 Å². The summed E-state index contributed by atoms with van der Waals surface area (Å²) in [6.07, 6.45) is -0.0357. The summed E-state index contributed by atoms with van der Waals surface area (Å²) < 4.78 is 5.42. The van der Waals surface area contributed by atoms with Crippen molar-refractivity contribution in [3.05, 3.63) is 28.4 Å². The lowest BCUT2D eigenvalue weighted by Crippen LogP contribution is -2.22. The Morgan fingerprint density at radius 2 is 1.71 bits per heavy atom. The molecule has 28 heavy (non-hydrogen) atoms. The Hall–Kier alpha value is -3.95. The number of aldehydes is 1. The minimum atomic E-state index is -1.13. The topological polar surface area (TPSA) is 178 Å². The molecule has 0 aliphatic rings. The lowest BCUT2D eigenvalue weighted by atomic mass is 10.1. The smallest absolute Gasteiger partial charge is 0.303 e. The summed E-state index contributed by atoms with van der Waals surface area (Å²) in [6.45, 7) is 0. The molecule has 0 saturated heterocycles. The SMILES string of the molecule is O=C[C@H](CCC(=O)O)Nc1c(O)cc2oc3cc(O)c(O)cc3c(=O)c2c1O. The Morgan fingerprint density at radius 3 is 2.36 bits per heavy atom. The van der Waals surface area contributed by atoms with Gasteiger partial charge in [-0.05, 0) is 12.5 Å². The van der Waals surface area contributed by atoms with Crippen LogP contribution in [-0.2, 0) is 9.59 Å². The van der Waals surface area contributed by atoms with E-state index in [0.717, 1.165) is 18.2 Å². The first-order valence-corrected chi connectivity index (χ1v) is 8.04. The van der Waals surface area contributed by atoms with E-state index in [1.807, 2.05) is 0 Å². The monoisotopic (exact) mass is 389 g/mol. The highest BCUT2D eigenvalue weighted by molar-refractivity contribution is 5.99. The molecule has 0 radical (unpaired) electrons. The number of aliphatic carboxylic acids is 1. The first kappa shape index (κ1) is 18.8. The van der Waals surface area contributed by atoms with Gasteiger partial charge in [0.25, 0.3) is 0 Å². The van der Waals surface area contributed by atoms with Gasteiger partial charge in [-0.1, -0.05) is 0 Å². The molecule has 10 nitrogen and oxygen atoms in total. The predicted octanol–water partition coefficient (Wildman–Crippen LogP) is 1.61. The number of hydrogen-bond donors (Lipinski definition) is 6. The van der Waals surface area contributed by atoms with Crippen LogP contribution in [0, 0.1) is 0 Å². The third-order valence-electron chi connectivity index (χ3n) is 4.18. The highest BCUT2D eigenvalue weighted by Crippen LogP contribution is 2.41. The molecule has 0 unspecified atom stereocenters. The maximum atomic E-state index is 12.7. The number of benzene rings is 2. The molecule has 0 aliphatic heterocycles.